The van der Waals surface area contributed by atoms with Gasteiger partial charge in [0.2, 0.25) is 0 Å². The Balaban J connectivity index is 2.34. The number of rotatable bonds is 9. The van der Waals surface area contributed by atoms with Crippen LogP contribution in [0.15, 0.2) is 29.4 Å². The summed E-state index contributed by atoms with van der Waals surface area (Å²) in [6, 6.07) is 4.79. The number of aliphatic carboxylic acids is 1. The van der Waals surface area contributed by atoms with E-state index in [1.165, 1.54) is 0 Å². The maximum absolute atomic E-state index is 11.7. The molecule has 1 unspecified atom stereocenters. The summed E-state index contributed by atoms with van der Waals surface area (Å²) >= 11 is 0. The lowest BCUT2D eigenvalue weighted by atomic mass is 10.1. The summed E-state index contributed by atoms with van der Waals surface area (Å²) in [5.41, 5.74) is 20.5. The number of carboxylic acids is 1. The first-order valence-corrected chi connectivity index (χ1v) is 6.98. The molecule has 5 N–H and O–H groups in total. The van der Waals surface area contributed by atoms with Crippen molar-refractivity contribution in [3.63, 3.8) is 0 Å². The van der Waals surface area contributed by atoms with Crippen LogP contribution in [0.5, 0.6) is 0 Å². The first-order valence-electron chi connectivity index (χ1n) is 6.98. The maximum Gasteiger partial charge on any atom is 0.323 e. The number of hydrogen-bond acceptors (Lipinski definition) is 6. The first-order chi connectivity index (χ1) is 10.9. The Hall–Kier alpha value is -2.61. The lowest BCUT2D eigenvalue weighted by molar-refractivity contribution is -0.146. The predicted molar refractivity (Wildman–Crippen MR) is 82.5 cm³/mol. The van der Waals surface area contributed by atoms with Gasteiger partial charge in [-0.3, -0.25) is 9.59 Å². The molecular formula is C14H19N5O4. The molecule has 2 atom stereocenters. The Kier molecular flexibility index (Phi) is 7.55. The van der Waals surface area contributed by atoms with Crippen molar-refractivity contribution in [1.29, 1.82) is 0 Å². The number of carbonyl (C=O) groups is 2. The van der Waals surface area contributed by atoms with Crippen LogP contribution < -0.4 is 11.5 Å². The highest BCUT2D eigenvalue weighted by Crippen LogP contribution is 2.14. The summed E-state index contributed by atoms with van der Waals surface area (Å²) in [5, 5.41) is 12.1. The summed E-state index contributed by atoms with van der Waals surface area (Å²) in [4.78, 5) is 25.0. The van der Waals surface area contributed by atoms with Gasteiger partial charge in [-0.05, 0) is 30.4 Å². The molecule has 0 saturated heterocycles. The molecule has 0 aliphatic carbocycles. The van der Waals surface area contributed by atoms with Crippen molar-refractivity contribution in [2.75, 3.05) is 0 Å². The fourth-order valence-electron chi connectivity index (χ4n) is 1.77. The van der Waals surface area contributed by atoms with Crippen LogP contribution in [-0.2, 0) is 20.9 Å². The summed E-state index contributed by atoms with van der Waals surface area (Å²) in [6.45, 7) is 0.0533. The number of nitrogens with zero attached hydrogens (tertiary/aromatic N) is 3. The SMILES string of the molecule is [N-]=[N+]=Nc1ccc(COC(=O)C(N)CCC[C@H](N)C(=O)O)cc1. The van der Waals surface area contributed by atoms with Crippen LogP contribution in [0.25, 0.3) is 10.4 Å². The number of ether oxygens (including phenoxy) is 1. The van der Waals surface area contributed by atoms with E-state index in [2.05, 4.69) is 10.0 Å². The minimum atomic E-state index is -1.08. The van der Waals surface area contributed by atoms with Crippen LogP contribution in [0, 0.1) is 0 Å². The van der Waals surface area contributed by atoms with E-state index in [0.717, 1.165) is 5.56 Å². The molecule has 124 valence electrons. The third kappa shape index (κ3) is 6.79. The van der Waals surface area contributed by atoms with Crippen LogP contribution in [0.4, 0.5) is 5.69 Å². The minimum Gasteiger partial charge on any atom is -0.480 e. The summed E-state index contributed by atoms with van der Waals surface area (Å²) in [5.74, 6) is -1.64. The summed E-state index contributed by atoms with van der Waals surface area (Å²) < 4.78 is 5.08. The molecule has 0 amide bonds. The fourth-order valence-corrected chi connectivity index (χ4v) is 1.77. The van der Waals surface area contributed by atoms with Gasteiger partial charge in [-0.1, -0.05) is 29.4 Å². The number of benzene rings is 1. The number of carboxylic acid groups (broad SMARTS) is 1. The van der Waals surface area contributed by atoms with Crippen molar-refractivity contribution in [2.24, 2.45) is 16.6 Å². The van der Waals surface area contributed by atoms with Crippen LogP contribution in [0.2, 0.25) is 0 Å². The zero-order valence-corrected chi connectivity index (χ0v) is 12.5. The van der Waals surface area contributed by atoms with Gasteiger partial charge in [-0.15, -0.1) is 0 Å². The van der Waals surface area contributed by atoms with Crippen LogP contribution in [0.1, 0.15) is 24.8 Å². The molecule has 0 aliphatic rings. The predicted octanol–water partition coefficient (Wildman–Crippen LogP) is 1.58. The van der Waals surface area contributed by atoms with E-state index in [4.69, 9.17) is 26.8 Å². The Bertz CT molecular complexity index is 583. The van der Waals surface area contributed by atoms with Gasteiger partial charge in [0.05, 0.1) is 0 Å². The van der Waals surface area contributed by atoms with E-state index >= 15 is 0 Å². The normalized spacial score (nSPS) is 12.8. The molecule has 0 fully saturated rings. The molecule has 0 aromatic heterocycles. The largest absolute Gasteiger partial charge is 0.480 e. The lowest BCUT2D eigenvalue weighted by Crippen LogP contribution is -2.34. The van der Waals surface area contributed by atoms with Crippen molar-refractivity contribution in [1.82, 2.24) is 0 Å². The van der Waals surface area contributed by atoms with Gasteiger partial charge < -0.3 is 21.3 Å². The van der Waals surface area contributed by atoms with E-state index in [9.17, 15) is 9.59 Å². The molecule has 0 spiro atoms. The third-order valence-corrected chi connectivity index (χ3v) is 3.13. The molecule has 0 saturated carbocycles. The average molecular weight is 321 g/mol. The lowest BCUT2D eigenvalue weighted by Gasteiger charge is -2.12. The van der Waals surface area contributed by atoms with Crippen molar-refractivity contribution in [3.8, 4) is 0 Å². The number of esters is 1. The van der Waals surface area contributed by atoms with Gasteiger partial charge in [0.15, 0.2) is 0 Å². The molecular weight excluding hydrogens is 302 g/mol. The second-order valence-corrected chi connectivity index (χ2v) is 4.95. The van der Waals surface area contributed by atoms with Crippen LogP contribution >= 0.6 is 0 Å². The van der Waals surface area contributed by atoms with E-state index in [1.54, 1.807) is 24.3 Å². The van der Waals surface area contributed by atoms with Gasteiger partial charge in [-0.2, -0.15) is 0 Å². The highest BCUT2D eigenvalue weighted by Gasteiger charge is 2.17. The molecule has 9 heteroatoms. The molecule has 0 heterocycles. The Labute approximate surface area is 132 Å². The Morgan fingerprint density at radius 1 is 1.22 bits per heavy atom. The number of carbonyl (C=O) groups excluding carboxylic acids is 1. The summed E-state index contributed by atoms with van der Waals surface area (Å²) in [7, 11) is 0. The smallest absolute Gasteiger partial charge is 0.323 e. The number of hydrogen-bond donors (Lipinski definition) is 3. The summed E-state index contributed by atoms with van der Waals surface area (Å²) in [6.07, 6.45) is 0.970. The fraction of sp³-hybridized carbons (Fsp3) is 0.429. The second kappa shape index (κ2) is 9.42. The standard InChI is InChI=1S/C14H19N5O4/c15-11(13(20)21)2-1-3-12(16)14(22)23-8-9-4-6-10(7-5-9)18-19-17/h4-7,11-12H,1-3,8,15-16H2,(H,20,21)/t11-,12?/m0/s1. The Morgan fingerprint density at radius 2 is 1.83 bits per heavy atom. The third-order valence-electron chi connectivity index (χ3n) is 3.13. The van der Waals surface area contributed by atoms with Crippen molar-refractivity contribution in [2.45, 2.75) is 38.0 Å². The molecule has 0 bridgehead atoms. The zero-order valence-electron chi connectivity index (χ0n) is 12.5. The molecule has 1 aromatic rings. The highest BCUT2D eigenvalue weighted by atomic mass is 16.5. The van der Waals surface area contributed by atoms with Gasteiger partial charge in [-0.25, -0.2) is 0 Å². The van der Waals surface area contributed by atoms with E-state index < -0.39 is 24.0 Å². The molecule has 0 radical (unpaired) electrons. The van der Waals surface area contributed by atoms with E-state index in [1.807, 2.05) is 0 Å². The van der Waals surface area contributed by atoms with Crippen LogP contribution in [-0.4, -0.2) is 29.1 Å². The maximum atomic E-state index is 11.7. The topological polar surface area (TPSA) is 164 Å². The second-order valence-electron chi connectivity index (χ2n) is 4.95. The average Bonchev–Trinajstić information content (AvgIpc) is 2.53. The van der Waals surface area contributed by atoms with E-state index in [0.29, 0.717) is 18.5 Å². The quantitative estimate of drug-likeness (QED) is 0.270. The molecule has 0 aliphatic heterocycles. The van der Waals surface area contributed by atoms with Crippen molar-refractivity contribution < 1.29 is 19.4 Å². The minimum absolute atomic E-state index is 0.0533. The zero-order chi connectivity index (χ0) is 17.2. The van der Waals surface area contributed by atoms with Gasteiger partial charge in [0.1, 0.15) is 18.7 Å². The monoisotopic (exact) mass is 321 g/mol. The Morgan fingerprint density at radius 3 is 2.39 bits per heavy atom. The van der Waals surface area contributed by atoms with E-state index in [-0.39, 0.29) is 13.0 Å². The molecule has 9 nitrogen and oxygen atoms in total. The molecule has 1 aromatic carbocycles. The molecule has 23 heavy (non-hydrogen) atoms. The number of azide groups is 1. The van der Waals surface area contributed by atoms with Crippen molar-refractivity contribution in [3.05, 3.63) is 40.3 Å². The first kappa shape index (κ1) is 18.4. The highest BCUT2D eigenvalue weighted by molar-refractivity contribution is 5.75. The van der Waals surface area contributed by atoms with Crippen molar-refractivity contribution >= 4 is 17.6 Å². The van der Waals surface area contributed by atoms with Crippen LogP contribution in [0.3, 0.4) is 0 Å². The van der Waals surface area contributed by atoms with Gasteiger partial charge in [0.25, 0.3) is 0 Å². The molecule has 1 rings (SSSR count). The van der Waals surface area contributed by atoms with Gasteiger partial charge in [0, 0.05) is 10.6 Å². The number of nitrogens with two attached hydrogens (primary N) is 2. The van der Waals surface area contributed by atoms with Gasteiger partial charge >= 0.3 is 11.9 Å².